The highest BCUT2D eigenvalue weighted by atomic mass is 79.9. The highest BCUT2D eigenvalue weighted by Gasteiger charge is 2.16. The van der Waals surface area contributed by atoms with E-state index in [2.05, 4.69) is 15.9 Å². The highest BCUT2D eigenvalue weighted by Crippen LogP contribution is 2.25. The second kappa shape index (κ2) is 5.21. The lowest BCUT2D eigenvalue weighted by Crippen LogP contribution is -2.04. The van der Waals surface area contributed by atoms with E-state index in [-0.39, 0.29) is 16.4 Å². The lowest BCUT2D eigenvalue weighted by Gasteiger charge is -2.06. The molecule has 0 radical (unpaired) electrons. The van der Waals surface area contributed by atoms with E-state index < -0.39 is 5.82 Å². The van der Waals surface area contributed by atoms with E-state index in [1.54, 1.807) is 6.07 Å². The van der Waals surface area contributed by atoms with Crippen molar-refractivity contribution in [2.45, 2.75) is 6.92 Å². The van der Waals surface area contributed by atoms with E-state index in [4.69, 9.17) is 11.6 Å². The molecule has 0 aliphatic rings. The zero-order chi connectivity index (χ0) is 13.3. The molecule has 0 fully saturated rings. The molecule has 1 nitrogen and oxygen atoms in total. The van der Waals surface area contributed by atoms with Gasteiger partial charge in [-0.1, -0.05) is 33.6 Å². The van der Waals surface area contributed by atoms with Gasteiger partial charge in [-0.05, 0) is 42.8 Å². The Hall–Kier alpha value is -1.19. The average molecular weight is 328 g/mol. The maximum absolute atomic E-state index is 13.2. The molecule has 2 rings (SSSR count). The third kappa shape index (κ3) is 2.62. The van der Waals surface area contributed by atoms with Crippen LogP contribution >= 0.6 is 27.5 Å². The van der Waals surface area contributed by atoms with Crippen LogP contribution in [0.4, 0.5) is 4.39 Å². The molecule has 0 unspecified atom stereocenters. The van der Waals surface area contributed by atoms with E-state index in [1.165, 1.54) is 12.1 Å². The maximum atomic E-state index is 13.2. The van der Waals surface area contributed by atoms with E-state index >= 15 is 0 Å². The van der Waals surface area contributed by atoms with Gasteiger partial charge in [0, 0.05) is 15.6 Å². The van der Waals surface area contributed by atoms with Crippen molar-refractivity contribution >= 4 is 33.3 Å². The summed E-state index contributed by atoms with van der Waals surface area (Å²) >= 11 is 9.25. The average Bonchev–Trinajstić information content (AvgIpc) is 2.31. The molecule has 0 amide bonds. The Labute approximate surface area is 118 Å². The number of carbonyl (C=O) groups is 1. The summed E-state index contributed by atoms with van der Waals surface area (Å²) in [7, 11) is 0. The lowest BCUT2D eigenvalue weighted by molar-refractivity contribution is 0.103. The fourth-order valence-corrected chi connectivity index (χ4v) is 2.50. The molecule has 0 heterocycles. The SMILES string of the molecule is Cc1ccc(C(=O)c2cc(F)ccc2Cl)c(Br)c1. The molecule has 92 valence electrons. The van der Waals surface area contributed by atoms with Gasteiger partial charge in [0.25, 0.3) is 0 Å². The van der Waals surface area contributed by atoms with Crippen molar-refractivity contribution in [3.05, 3.63) is 68.4 Å². The number of hydrogen-bond acceptors (Lipinski definition) is 1. The van der Waals surface area contributed by atoms with Crippen LogP contribution in [-0.4, -0.2) is 5.78 Å². The summed E-state index contributed by atoms with van der Waals surface area (Å²) in [5, 5.41) is 0.244. The van der Waals surface area contributed by atoms with Crippen molar-refractivity contribution in [2.24, 2.45) is 0 Å². The molecule has 18 heavy (non-hydrogen) atoms. The molecule has 0 aromatic heterocycles. The van der Waals surface area contributed by atoms with Crippen molar-refractivity contribution in [1.82, 2.24) is 0 Å². The number of carbonyl (C=O) groups excluding carboxylic acids is 1. The van der Waals surface area contributed by atoms with Crippen LogP contribution in [0.2, 0.25) is 5.02 Å². The predicted molar refractivity (Wildman–Crippen MR) is 73.7 cm³/mol. The molecule has 0 spiro atoms. The predicted octanol–water partition coefficient (Wildman–Crippen LogP) is 4.78. The number of ketones is 1. The zero-order valence-corrected chi connectivity index (χ0v) is 11.8. The summed E-state index contributed by atoms with van der Waals surface area (Å²) in [6, 6.07) is 9.11. The molecule has 0 saturated heterocycles. The number of hydrogen-bond donors (Lipinski definition) is 0. The van der Waals surface area contributed by atoms with Gasteiger partial charge in [0.1, 0.15) is 5.82 Å². The number of aryl methyl sites for hydroxylation is 1. The quantitative estimate of drug-likeness (QED) is 0.725. The lowest BCUT2D eigenvalue weighted by atomic mass is 10.0. The molecule has 0 bridgehead atoms. The van der Waals surface area contributed by atoms with Crippen molar-refractivity contribution in [1.29, 1.82) is 0 Å². The first-order valence-corrected chi connectivity index (χ1v) is 6.42. The second-order valence-corrected chi connectivity index (χ2v) is 5.20. The normalized spacial score (nSPS) is 10.4. The van der Waals surface area contributed by atoms with E-state index in [1.807, 2.05) is 19.1 Å². The number of rotatable bonds is 2. The van der Waals surface area contributed by atoms with Crippen LogP contribution < -0.4 is 0 Å². The topological polar surface area (TPSA) is 17.1 Å². The minimum absolute atomic E-state index is 0.168. The number of halogens is 3. The van der Waals surface area contributed by atoms with Crippen LogP contribution in [0.25, 0.3) is 0 Å². The summed E-state index contributed by atoms with van der Waals surface area (Å²) < 4.78 is 13.8. The summed E-state index contributed by atoms with van der Waals surface area (Å²) in [5.74, 6) is -0.780. The standard InChI is InChI=1S/C14H9BrClFO/c1-8-2-4-10(12(15)6-8)14(18)11-7-9(17)3-5-13(11)16/h2-7H,1H3. The summed E-state index contributed by atoms with van der Waals surface area (Å²) in [5.41, 5.74) is 1.66. The molecule has 0 N–H and O–H groups in total. The van der Waals surface area contributed by atoms with Crippen LogP contribution in [0, 0.1) is 12.7 Å². The van der Waals surface area contributed by atoms with Crippen LogP contribution in [0.15, 0.2) is 40.9 Å². The van der Waals surface area contributed by atoms with Crippen LogP contribution in [-0.2, 0) is 0 Å². The fourth-order valence-electron chi connectivity index (χ4n) is 1.62. The Morgan fingerprint density at radius 2 is 1.89 bits per heavy atom. The monoisotopic (exact) mass is 326 g/mol. The molecule has 2 aromatic carbocycles. The van der Waals surface area contributed by atoms with Gasteiger partial charge in [-0.2, -0.15) is 0 Å². The van der Waals surface area contributed by atoms with E-state index in [0.29, 0.717) is 10.0 Å². The van der Waals surface area contributed by atoms with Crippen molar-refractivity contribution in [2.75, 3.05) is 0 Å². The molecule has 0 aliphatic heterocycles. The van der Waals surface area contributed by atoms with Gasteiger partial charge < -0.3 is 0 Å². The Morgan fingerprint density at radius 3 is 2.56 bits per heavy atom. The molecule has 4 heteroatoms. The third-order valence-corrected chi connectivity index (χ3v) is 3.53. The Kier molecular flexibility index (Phi) is 3.83. The number of benzene rings is 2. The first-order chi connectivity index (χ1) is 8.49. The Bertz CT molecular complexity index is 625. The van der Waals surface area contributed by atoms with E-state index in [9.17, 15) is 9.18 Å². The molecule has 0 saturated carbocycles. The van der Waals surface area contributed by atoms with Crippen molar-refractivity contribution < 1.29 is 9.18 Å². The first-order valence-electron chi connectivity index (χ1n) is 5.25. The van der Waals surface area contributed by atoms with Gasteiger partial charge >= 0.3 is 0 Å². The van der Waals surface area contributed by atoms with Gasteiger partial charge in [-0.25, -0.2) is 4.39 Å². The maximum Gasteiger partial charge on any atom is 0.195 e. The first kappa shape index (κ1) is 13.2. The third-order valence-electron chi connectivity index (χ3n) is 2.54. The minimum Gasteiger partial charge on any atom is -0.289 e. The van der Waals surface area contributed by atoms with Crippen molar-refractivity contribution in [3.8, 4) is 0 Å². The van der Waals surface area contributed by atoms with Gasteiger partial charge in [0.2, 0.25) is 0 Å². The molecule has 0 atom stereocenters. The molecule has 2 aromatic rings. The summed E-state index contributed by atoms with van der Waals surface area (Å²) in [6.07, 6.45) is 0. The molecular weight excluding hydrogens is 319 g/mol. The summed E-state index contributed by atoms with van der Waals surface area (Å²) in [6.45, 7) is 1.92. The van der Waals surface area contributed by atoms with E-state index in [0.717, 1.165) is 11.6 Å². The highest BCUT2D eigenvalue weighted by molar-refractivity contribution is 9.10. The van der Waals surface area contributed by atoms with Crippen LogP contribution in [0.5, 0.6) is 0 Å². The van der Waals surface area contributed by atoms with Gasteiger partial charge in [0.05, 0.1) is 5.02 Å². The zero-order valence-electron chi connectivity index (χ0n) is 9.51. The minimum atomic E-state index is -0.481. The Balaban J connectivity index is 2.51. The molecular formula is C14H9BrClFO. The van der Waals surface area contributed by atoms with Gasteiger partial charge in [-0.15, -0.1) is 0 Å². The summed E-state index contributed by atoms with van der Waals surface area (Å²) in [4.78, 5) is 12.3. The van der Waals surface area contributed by atoms with Crippen LogP contribution in [0.3, 0.4) is 0 Å². The Morgan fingerprint density at radius 1 is 1.17 bits per heavy atom. The van der Waals surface area contributed by atoms with Gasteiger partial charge in [-0.3, -0.25) is 4.79 Å². The smallest absolute Gasteiger partial charge is 0.195 e. The van der Waals surface area contributed by atoms with Crippen molar-refractivity contribution in [3.63, 3.8) is 0 Å². The fraction of sp³-hybridized carbons (Fsp3) is 0.0714. The molecule has 0 aliphatic carbocycles. The van der Waals surface area contributed by atoms with Crippen LogP contribution in [0.1, 0.15) is 21.5 Å². The second-order valence-electron chi connectivity index (χ2n) is 3.94. The largest absolute Gasteiger partial charge is 0.289 e. The van der Waals surface area contributed by atoms with Gasteiger partial charge in [0.15, 0.2) is 5.78 Å².